The van der Waals surface area contributed by atoms with E-state index in [0.29, 0.717) is 12.1 Å². The third kappa shape index (κ3) is 7.77. The van der Waals surface area contributed by atoms with Crippen molar-refractivity contribution in [1.82, 2.24) is 4.72 Å². The van der Waals surface area contributed by atoms with Gasteiger partial charge in [0.1, 0.15) is 12.3 Å². The molecule has 2 aromatic carbocycles. The van der Waals surface area contributed by atoms with Crippen molar-refractivity contribution in [3.63, 3.8) is 0 Å². The fourth-order valence-electron chi connectivity index (χ4n) is 2.19. The number of esters is 1. The van der Waals surface area contributed by atoms with Gasteiger partial charge in [-0.1, -0.05) is 6.07 Å². The number of ether oxygens (including phenoxy) is 2. The molecule has 32 heavy (non-hydrogen) atoms. The first-order chi connectivity index (χ1) is 14.9. The van der Waals surface area contributed by atoms with Crippen LogP contribution in [0, 0.1) is 0 Å². The van der Waals surface area contributed by atoms with Crippen LogP contribution < -0.4 is 14.8 Å². The molecule has 0 spiro atoms. The van der Waals surface area contributed by atoms with Crippen molar-refractivity contribution in [1.29, 1.82) is 0 Å². The largest absolute Gasteiger partial charge is 0.455 e. The Balaban J connectivity index is 1.83. The van der Waals surface area contributed by atoms with Crippen molar-refractivity contribution in [2.75, 3.05) is 18.5 Å². The number of amides is 1. The molecule has 0 heterocycles. The van der Waals surface area contributed by atoms with Crippen molar-refractivity contribution < 1.29 is 49.4 Å². The highest BCUT2D eigenvalue weighted by Gasteiger charge is 2.31. The van der Waals surface area contributed by atoms with E-state index in [9.17, 15) is 40.0 Å². The molecule has 0 bridgehead atoms. The molecule has 8 nitrogen and oxygen atoms in total. The first-order valence-electron chi connectivity index (χ1n) is 8.54. The van der Waals surface area contributed by atoms with E-state index in [1.807, 2.05) is 0 Å². The molecule has 2 aromatic rings. The number of alkyl halides is 5. The molecular weight excluding hydrogens is 467 g/mol. The molecule has 0 aliphatic carbocycles. The minimum atomic E-state index is -4.76. The van der Waals surface area contributed by atoms with E-state index in [0.717, 1.165) is 24.3 Å². The van der Waals surface area contributed by atoms with E-state index < -0.39 is 58.3 Å². The summed E-state index contributed by atoms with van der Waals surface area (Å²) < 4.78 is 96.9. The van der Waals surface area contributed by atoms with Crippen LogP contribution in [0.4, 0.5) is 27.6 Å². The van der Waals surface area contributed by atoms with Crippen molar-refractivity contribution >= 4 is 27.6 Å². The predicted molar refractivity (Wildman–Crippen MR) is 99.3 cm³/mol. The highest BCUT2D eigenvalue weighted by Crippen LogP contribution is 2.30. The monoisotopic (exact) mass is 482 g/mol. The maximum Gasteiger partial charge on any atom is 0.416 e. The van der Waals surface area contributed by atoms with Gasteiger partial charge in [-0.05, 0) is 42.5 Å². The maximum absolute atomic E-state index is 12.7. The number of halogens is 5. The van der Waals surface area contributed by atoms with Gasteiger partial charge in [-0.2, -0.15) is 26.7 Å². The SMILES string of the molecule is O=C(COC(=O)CNS(=O)(=O)c1cccc(C(F)(F)F)c1)Nc1ccc(OC(F)F)cc1. The number of hydrogen-bond donors (Lipinski definition) is 2. The van der Waals surface area contributed by atoms with Crippen LogP contribution in [-0.4, -0.2) is 40.1 Å². The smallest absolute Gasteiger partial charge is 0.416 e. The lowest BCUT2D eigenvalue weighted by Gasteiger charge is -2.10. The minimum Gasteiger partial charge on any atom is -0.455 e. The summed E-state index contributed by atoms with van der Waals surface area (Å²) in [7, 11) is -4.45. The van der Waals surface area contributed by atoms with Crippen LogP contribution in [0.25, 0.3) is 0 Å². The Morgan fingerprint density at radius 3 is 2.28 bits per heavy atom. The summed E-state index contributed by atoms with van der Waals surface area (Å²) in [5, 5.41) is 2.29. The molecule has 14 heteroatoms. The van der Waals surface area contributed by atoms with Crippen LogP contribution in [0.1, 0.15) is 5.56 Å². The lowest BCUT2D eigenvalue weighted by molar-refractivity contribution is -0.146. The van der Waals surface area contributed by atoms with Gasteiger partial charge in [-0.3, -0.25) is 9.59 Å². The summed E-state index contributed by atoms with van der Waals surface area (Å²) in [6.45, 7) is -4.76. The van der Waals surface area contributed by atoms with Crippen molar-refractivity contribution in [2.45, 2.75) is 17.7 Å². The highest BCUT2D eigenvalue weighted by molar-refractivity contribution is 7.89. The third-order valence-electron chi connectivity index (χ3n) is 3.61. The minimum absolute atomic E-state index is 0.141. The quantitative estimate of drug-likeness (QED) is 0.420. The zero-order chi connectivity index (χ0) is 23.9. The lowest BCUT2D eigenvalue weighted by atomic mass is 10.2. The number of carbonyl (C=O) groups excluding carboxylic acids is 2. The molecule has 0 atom stereocenters. The Bertz CT molecular complexity index is 1060. The molecular formula is C18H15F5N2O6S. The van der Waals surface area contributed by atoms with Gasteiger partial charge in [0.05, 0.1) is 10.5 Å². The maximum atomic E-state index is 12.7. The average molecular weight is 482 g/mol. The average Bonchev–Trinajstić information content (AvgIpc) is 2.71. The number of anilines is 1. The second-order valence-electron chi connectivity index (χ2n) is 5.96. The molecule has 0 radical (unpaired) electrons. The summed E-state index contributed by atoms with van der Waals surface area (Å²) in [6.07, 6.45) is -4.76. The molecule has 0 saturated carbocycles. The van der Waals surface area contributed by atoms with Crippen LogP contribution >= 0.6 is 0 Å². The first-order valence-corrected chi connectivity index (χ1v) is 10.0. The molecule has 0 aliphatic rings. The molecule has 1 amide bonds. The van der Waals surface area contributed by atoms with Crippen LogP contribution in [0.15, 0.2) is 53.4 Å². The van der Waals surface area contributed by atoms with Gasteiger partial charge >= 0.3 is 18.8 Å². The highest BCUT2D eigenvalue weighted by atomic mass is 32.2. The molecule has 174 valence electrons. The lowest BCUT2D eigenvalue weighted by Crippen LogP contribution is -2.32. The van der Waals surface area contributed by atoms with E-state index in [4.69, 9.17) is 0 Å². The number of benzene rings is 2. The fourth-order valence-corrected chi connectivity index (χ4v) is 3.21. The molecule has 0 fully saturated rings. The first kappa shape index (κ1) is 25.0. The molecule has 0 aromatic heterocycles. The zero-order valence-electron chi connectivity index (χ0n) is 15.9. The number of rotatable bonds is 9. The Kier molecular flexibility index (Phi) is 8.10. The summed E-state index contributed by atoms with van der Waals surface area (Å²) in [6, 6.07) is 7.72. The predicted octanol–water partition coefficient (Wildman–Crippen LogP) is 2.77. The van der Waals surface area contributed by atoms with Crippen LogP contribution in [-0.2, 0) is 30.5 Å². The molecule has 0 saturated heterocycles. The number of carbonyl (C=O) groups is 2. The van der Waals surface area contributed by atoms with Crippen LogP contribution in [0.3, 0.4) is 0 Å². The zero-order valence-corrected chi connectivity index (χ0v) is 16.7. The standard InChI is InChI=1S/C18H15F5N2O6S/c19-17(20)31-13-6-4-12(5-7-13)25-15(26)10-30-16(27)9-24-32(28,29)14-3-1-2-11(8-14)18(21,22)23/h1-8,17,24H,9-10H2,(H,25,26). The third-order valence-corrected chi connectivity index (χ3v) is 5.00. The number of nitrogens with one attached hydrogen (secondary N) is 2. The summed E-state index contributed by atoms with van der Waals surface area (Å²) in [5.74, 6) is -2.13. The van der Waals surface area contributed by atoms with Gasteiger partial charge in [0.15, 0.2) is 6.61 Å². The Morgan fingerprint density at radius 1 is 1.03 bits per heavy atom. The Labute approximate surface area is 178 Å². The second-order valence-corrected chi connectivity index (χ2v) is 7.73. The van der Waals surface area contributed by atoms with Gasteiger partial charge in [0.2, 0.25) is 10.0 Å². The molecule has 2 N–H and O–H groups in total. The summed E-state index contributed by atoms with van der Waals surface area (Å²) >= 11 is 0. The summed E-state index contributed by atoms with van der Waals surface area (Å²) in [4.78, 5) is 22.7. The van der Waals surface area contributed by atoms with E-state index in [-0.39, 0.29) is 11.4 Å². The fraction of sp³-hybridized carbons (Fsp3) is 0.222. The number of sulfonamides is 1. The van der Waals surface area contributed by atoms with Crippen LogP contribution in [0.5, 0.6) is 5.75 Å². The van der Waals surface area contributed by atoms with Crippen molar-refractivity contribution in [3.8, 4) is 5.75 Å². The van der Waals surface area contributed by atoms with Gasteiger partial charge < -0.3 is 14.8 Å². The van der Waals surface area contributed by atoms with Gasteiger partial charge in [-0.15, -0.1) is 0 Å². The van der Waals surface area contributed by atoms with Crippen LogP contribution in [0.2, 0.25) is 0 Å². The van der Waals surface area contributed by atoms with E-state index in [2.05, 4.69) is 14.8 Å². The molecule has 0 aliphatic heterocycles. The summed E-state index contributed by atoms with van der Waals surface area (Å²) in [5.41, 5.74) is -1.01. The van der Waals surface area contributed by atoms with Gasteiger partial charge in [0.25, 0.3) is 5.91 Å². The normalized spacial score (nSPS) is 11.8. The van der Waals surface area contributed by atoms with Gasteiger partial charge in [0, 0.05) is 5.69 Å². The second kappa shape index (κ2) is 10.4. The van der Waals surface area contributed by atoms with Gasteiger partial charge in [-0.25, -0.2) is 8.42 Å². The van der Waals surface area contributed by atoms with E-state index >= 15 is 0 Å². The van der Waals surface area contributed by atoms with E-state index in [1.165, 1.54) is 12.1 Å². The Morgan fingerprint density at radius 2 is 1.69 bits per heavy atom. The molecule has 0 unspecified atom stereocenters. The van der Waals surface area contributed by atoms with E-state index in [1.54, 1.807) is 4.72 Å². The Hall–Kier alpha value is -3.26. The van der Waals surface area contributed by atoms with Crippen molar-refractivity contribution in [2.24, 2.45) is 0 Å². The van der Waals surface area contributed by atoms with Crippen molar-refractivity contribution in [3.05, 3.63) is 54.1 Å². The molecule has 2 rings (SSSR count). The number of hydrogen-bond acceptors (Lipinski definition) is 6. The topological polar surface area (TPSA) is 111 Å².